The fraction of sp³-hybridized carbons (Fsp3) is 0.222. The largest absolute Gasteiger partial charge is 0.493 e. The van der Waals surface area contributed by atoms with Crippen LogP contribution in [0.3, 0.4) is 0 Å². The fourth-order valence-corrected chi connectivity index (χ4v) is 4.24. The van der Waals surface area contributed by atoms with Crippen molar-refractivity contribution in [1.82, 2.24) is 9.66 Å². The molecule has 0 saturated carbocycles. The zero-order chi connectivity index (χ0) is 24.8. The topological polar surface area (TPSA) is 65.7 Å². The Bertz CT molecular complexity index is 1420. The van der Waals surface area contributed by atoms with Gasteiger partial charge in [0.25, 0.3) is 5.56 Å². The van der Waals surface area contributed by atoms with E-state index in [0.29, 0.717) is 46.8 Å². The van der Waals surface area contributed by atoms with Gasteiger partial charge in [-0.3, -0.25) is 4.79 Å². The molecule has 0 radical (unpaired) electrons. The van der Waals surface area contributed by atoms with Crippen LogP contribution in [0.15, 0.2) is 79.5 Å². The van der Waals surface area contributed by atoms with Crippen LogP contribution in [-0.4, -0.2) is 23.0 Å². The minimum Gasteiger partial charge on any atom is -0.493 e. The molecule has 4 rings (SSSR count). The van der Waals surface area contributed by atoms with Gasteiger partial charge >= 0.3 is 0 Å². The van der Waals surface area contributed by atoms with Gasteiger partial charge in [-0.2, -0.15) is 9.78 Å². The van der Waals surface area contributed by atoms with Crippen LogP contribution < -0.4 is 15.0 Å². The molecule has 3 aromatic carbocycles. The molecule has 6 nitrogen and oxygen atoms in total. The number of fused-ring (bicyclic) bond motifs is 1. The smallest absolute Gasteiger partial charge is 0.282 e. The summed E-state index contributed by atoms with van der Waals surface area (Å²) in [6.07, 6.45) is 4.18. The molecular formula is C27H25Br2N3O3. The molecule has 0 unspecified atom stereocenters. The van der Waals surface area contributed by atoms with Crippen LogP contribution in [-0.2, 0) is 13.0 Å². The number of halogens is 2. The summed E-state index contributed by atoms with van der Waals surface area (Å²) in [5.74, 6) is 1.77. The maximum atomic E-state index is 13.4. The monoisotopic (exact) mass is 597 g/mol. The lowest BCUT2D eigenvalue weighted by atomic mass is 10.2. The third-order valence-corrected chi connectivity index (χ3v) is 6.49. The van der Waals surface area contributed by atoms with Gasteiger partial charge in [0.2, 0.25) is 0 Å². The molecule has 8 heteroatoms. The van der Waals surface area contributed by atoms with Crippen LogP contribution in [0.25, 0.3) is 10.9 Å². The van der Waals surface area contributed by atoms with Crippen molar-refractivity contribution in [2.24, 2.45) is 5.10 Å². The highest BCUT2D eigenvalue weighted by atomic mass is 79.9. The highest BCUT2D eigenvalue weighted by molar-refractivity contribution is 9.10. The van der Waals surface area contributed by atoms with Crippen molar-refractivity contribution in [3.05, 3.63) is 96.9 Å². The van der Waals surface area contributed by atoms with E-state index < -0.39 is 0 Å². The number of hydrogen-bond acceptors (Lipinski definition) is 5. The van der Waals surface area contributed by atoms with Crippen LogP contribution in [0.5, 0.6) is 11.5 Å². The maximum absolute atomic E-state index is 13.4. The average molecular weight is 599 g/mol. The van der Waals surface area contributed by atoms with Gasteiger partial charge in [-0.15, -0.1) is 0 Å². The molecule has 0 amide bonds. The Morgan fingerprint density at radius 3 is 2.57 bits per heavy atom. The van der Waals surface area contributed by atoms with Crippen molar-refractivity contribution in [2.45, 2.75) is 32.8 Å². The molecule has 1 heterocycles. The van der Waals surface area contributed by atoms with Gasteiger partial charge in [0.15, 0.2) is 11.5 Å². The first-order valence-electron chi connectivity index (χ1n) is 11.3. The molecule has 0 N–H and O–H groups in total. The van der Waals surface area contributed by atoms with E-state index in [2.05, 4.69) is 43.9 Å². The third-order valence-electron chi connectivity index (χ3n) is 5.47. The van der Waals surface area contributed by atoms with Crippen LogP contribution >= 0.6 is 31.9 Å². The molecule has 1 aromatic heterocycles. The van der Waals surface area contributed by atoms with Crippen LogP contribution in [0.4, 0.5) is 0 Å². The summed E-state index contributed by atoms with van der Waals surface area (Å²) in [7, 11) is 1.60. The summed E-state index contributed by atoms with van der Waals surface area (Å²) in [4.78, 5) is 18.1. The van der Waals surface area contributed by atoms with Crippen molar-refractivity contribution in [1.29, 1.82) is 0 Å². The number of unbranched alkanes of at least 4 members (excludes halogenated alkanes) is 1. The molecule has 0 aliphatic carbocycles. The van der Waals surface area contributed by atoms with E-state index in [1.165, 1.54) is 4.68 Å². The summed E-state index contributed by atoms with van der Waals surface area (Å²) in [6.45, 7) is 2.47. The Balaban J connectivity index is 1.73. The highest BCUT2D eigenvalue weighted by Gasteiger charge is 2.13. The van der Waals surface area contributed by atoms with E-state index in [0.717, 1.165) is 27.4 Å². The Hall–Kier alpha value is -2.97. The molecule has 35 heavy (non-hydrogen) atoms. The van der Waals surface area contributed by atoms with Gasteiger partial charge in [-0.05, 0) is 54.4 Å². The minimum absolute atomic E-state index is 0.209. The van der Waals surface area contributed by atoms with Gasteiger partial charge in [0, 0.05) is 20.9 Å². The summed E-state index contributed by atoms with van der Waals surface area (Å²) in [5, 5.41) is 5.08. The minimum atomic E-state index is -0.209. The number of para-hydroxylation sites is 1. The van der Waals surface area contributed by atoms with Crippen molar-refractivity contribution < 1.29 is 9.47 Å². The Morgan fingerprint density at radius 2 is 1.83 bits per heavy atom. The molecule has 0 spiro atoms. The first kappa shape index (κ1) is 25.1. The van der Waals surface area contributed by atoms with E-state index in [-0.39, 0.29) is 5.56 Å². The van der Waals surface area contributed by atoms with Gasteiger partial charge in [0.1, 0.15) is 12.4 Å². The van der Waals surface area contributed by atoms with E-state index in [1.54, 1.807) is 19.4 Å². The molecule has 4 aromatic rings. The second kappa shape index (κ2) is 11.6. The summed E-state index contributed by atoms with van der Waals surface area (Å²) in [5.41, 5.74) is 2.17. The normalized spacial score (nSPS) is 11.3. The van der Waals surface area contributed by atoms with Crippen LogP contribution in [0.2, 0.25) is 0 Å². The molecule has 180 valence electrons. The molecule has 0 atom stereocenters. The Kier molecular flexibility index (Phi) is 8.36. The third kappa shape index (κ3) is 6.00. The van der Waals surface area contributed by atoms with Crippen molar-refractivity contribution >= 4 is 49.0 Å². The lowest BCUT2D eigenvalue weighted by Gasteiger charge is -2.14. The van der Waals surface area contributed by atoms with Crippen molar-refractivity contribution in [2.75, 3.05) is 7.11 Å². The summed E-state index contributed by atoms with van der Waals surface area (Å²) >= 11 is 6.90. The van der Waals surface area contributed by atoms with E-state index in [1.807, 2.05) is 54.6 Å². The van der Waals surface area contributed by atoms with Crippen molar-refractivity contribution in [3.63, 3.8) is 0 Å². The average Bonchev–Trinajstić information content (AvgIpc) is 2.87. The van der Waals surface area contributed by atoms with E-state index >= 15 is 0 Å². The Labute approximate surface area is 220 Å². The lowest BCUT2D eigenvalue weighted by Crippen LogP contribution is -2.22. The SMILES string of the molecule is CCCCc1nc2ccc(Br)cc2c(=O)n1N=Cc1cccc(OC)c1OCc1ccc(Br)cc1. The fourth-order valence-electron chi connectivity index (χ4n) is 3.62. The zero-order valence-electron chi connectivity index (χ0n) is 19.5. The number of benzene rings is 3. The zero-order valence-corrected chi connectivity index (χ0v) is 22.7. The van der Waals surface area contributed by atoms with E-state index in [9.17, 15) is 4.79 Å². The molecule has 0 aliphatic heterocycles. The van der Waals surface area contributed by atoms with Crippen LogP contribution in [0.1, 0.15) is 36.7 Å². The van der Waals surface area contributed by atoms with Gasteiger partial charge < -0.3 is 9.47 Å². The quantitative estimate of drug-likeness (QED) is 0.200. The number of aryl methyl sites for hydroxylation is 1. The van der Waals surface area contributed by atoms with Crippen LogP contribution in [0, 0.1) is 0 Å². The first-order chi connectivity index (χ1) is 17.0. The first-order valence-corrected chi connectivity index (χ1v) is 12.9. The number of nitrogens with zero attached hydrogens (tertiary/aromatic N) is 3. The lowest BCUT2D eigenvalue weighted by molar-refractivity contribution is 0.284. The van der Waals surface area contributed by atoms with Gasteiger partial charge in [-0.25, -0.2) is 4.98 Å². The second-order valence-corrected chi connectivity index (χ2v) is 9.78. The van der Waals surface area contributed by atoms with Gasteiger partial charge in [0.05, 0.1) is 24.2 Å². The summed E-state index contributed by atoms with van der Waals surface area (Å²) < 4.78 is 14.9. The number of rotatable bonds is 9. The predicted octanol–water partition coefficient (Wildman–Crippen LogP) is 6.73. The van der Waals surface area contributed by atoms with E-state index in [4.69, 9.17) is 14.5 Å². The Morgan fingerprint density at radius 1 is 1.06 bits per heavy atom. The molecule has 0 bridgehead atoms. The molecular weight excluding hydrogens is 574 g/mol. The second-order valence-electron chi connectivity index (χ2n) is 7.95. The predicted molar refractivity (Wildman–Crippen MR) is 147 cm³/mol. The number of methoxy groups -OCH3 is 1. The number of ether oxygens (including phenoxy) is 2. The maximum Gasteiger partial charge on any atom is 0.282 e. The molecule has 0 aliphatic rings. The highest BCUT2D eigenvalue weighted by Crippen LogP contribution is 2.31. The van der Waals surface area contributed by atoms with Gasteiger partial charge in [-0.1, -0.05) is 63.4 Å². The summed E-state index contributed by atoms with van der Waals surface area (Å²) in [6, 6.07) is 19.0. The number of aromatic nitrogens is 2. The standard InChI is InChI=1S/C27H25Br2N3O3/c1-3-4-8-25-31-23-14-13-21(29)15-22(23)27(33)32(25)30-16-19-6-5-7-24(34-2)26(19)35-17-18-9-11-20(28)12-10-18/h5-7,9-16H,3-4,8,17H2,1-2H3. The molecule has 0 fully saturated rings. The van der Waals surface area contributed by atoms with Crippen molar-refractivity contribution in [3.8, 4) is 11.5 Å². The number of hydrogen-bond donors (Lipinski definition) is 0. The molecule has 0 saturated heterocycles.